The summed E-state index contributed by atoms with van der Waals surface area (Å²) in [5, 5.41) is 16.5. The van der Waals surface area contributed by atoms with E-state index in [0.717, 1.165) is 12.8 Å². The maximum absolute atomic E-state index is 11.4. The quantitative estimate of drug-likeness (QED) is 0.613. The van der Waals surface area contributed by atoms with E-state index in [-0.39, 0.29) is 18.1 Å². The summed E-state index contributed by atoms with van der Waals surface area (Å²) in [5.41, 5.74) is 1.24. The molecule has 1 aromatic rings. The lowest BCUT2D eigenvalue weighted by molar-refractivity contribution is -0.385. The first kappa shape index (κ1) is 12.3. The van der Waals surface area contributed by atoms with Gasteiger partial charge in [0.15, 0.2) is 0 Å². The van der Waals surface area contributed by atoms with Crippen molar-refractivity contribution in [1.82, 2.24) is 5.32 Å². The van der Waals surface area contributed by atoms with Gasteiger partial charge in [0.25, 0.3) is 5.69 Å². The van der Waals surface area contributed by atoms with Gasteiger partial charge in [-0.25, -0.2) is 0 Å². The van der Waals surface area contributed by atoms with Crippen molar-refractivity contribution in [2.45, 2.75) is 25.8 Å². The van der Waals surface area contributed by atoms with Crippen LogP contribution >= 0.6 is 0 Å². The molecule has 0 spiro atoms. The number of rotatable bonds is 5. The molecule has 0 radical (unpaired) electrons. The van der Waals surface area contributed by atoms with Gasteiger partial charge in [-0.15, -0.1) is 0 Å². The van der Waals surface area contributed by atoms with Crippen molar-refractivity contribution in [2.24, 2.45) is 0 Å². The number of aryl methyl sites for hydroxylation is 1. The topological polar surface area (TPSA) is 84.3 Å². The van der Waals surface area contributed by atoms with E-state index in [0.29, 0.717) is 17.3 Å². The summed E-state index contributed by atoms with van der Waals surface area (Å²) in [6.45, 7) is 1.82. The third kappa shape index (κ3) is 3.19. The van der Waals surface area contributed by atoms with E-state index in [1.54, 1.807) is 19.1 Å². The van der Waals surface area contributed by atoms with Crippen molar-refractivity contribution < 1.29 is 9.72 Å². The van der Waals surface area contributed by atoms with Crippen molar-refractivity contribution in [3.63, 3.8) is 0 Å². The molecular weight excluding hydrogens is 234 g/mol. The minimum Gasteiger partial charge on any atom is -0.376 e. The average Bonchev–Trinajstić information content (AvgIpc) is 3.11. The second-order valence-corrected chi connectivity index (χ2v) is 4.45. The molecule has 0 bridgehead atoms. The zero-order chi connectivity index (χ0) is 13.1. The molecule has 0 aromatic heterocycles. The van der Waals surface area contributed by atoms with Gasteiger partial charge in [-0.2, -0.15) is 0 Å². The highest BCUT2D eigenvalue weighted by Crippen LogP contribution is 2.22. The van der Waals surface area contributed by atoms with Crippen LogP contribution in [0.25, 0.3) is 0 Å². The van der Waals surface area contributed by atoms with E-state index in [4.69, 9.17) is 0 Å². The Bertz CT molecular complexity index is 483. The number of benzene rings is 1. The molecule has 6 heteroatoms. The summed E-state index contributed by atoms with van der Waals surface area (Å²) >= 11 is 0. The number of nitro benzene ring substituents is 1. The van der Waals surface area contributed by atoms with Gasteiger partial charge in [0.05, 0.1) is 11.5 Å². The monoisotopic (exact) mass is 249 g/mol. The average molecular weight is 249 g/mol. The fourth-order valence-corrected chi connectivity index (χ4v) is 1.60. The van der Waals surface area contributed by atoms with Crippen molar-refractivity contribution in [2.75, 3.05) is 11.9 Å². The van der Waals surface area contributed by atoms with Crippen LogP contribution in [0.3, 0.4) is 0 Å². The first-order chi connectivity index (χ1) is 8.56. The van der Waals surface area contributed by atoms with E-state index < -0.39 is 4.92 Å². The van der Waals surface area contributed by atoms with Crippen molar-refractivity contribution >= 4 is 17.3 Å². The van der Waals surface area contributed by atoms with Gasteiger partial charge in [-0.1, -0.05) is 6.07 Å². The number of nitrogens with zero attached hydrogens (tertiary/aromatic N) is 1. The number of nitrogens with one attached hydrogen (secondary N) is 2. The largest absolute Gasteiger partial charge is 0.376 e. The van der Waals surface area contributed by atoms with Gasteiger partial charge < -0.3 is 10.6 Å². The summed E-state index contributed by atoms with van der Waals surface area (Å²) in [5.74, 6) is -0.0827. The molecule has 1 amide bonds. The highest BCUT2D eigenvalue weighted by Gasteiger charge is 2.22. The second kappa shape index (κ2) is 5.03. The molecule has 1 aromatic carbocycles. The number of hydrogen-bond donors (Lipinski definition) is 2. The molecule has 2 N–H and O–H groups in total. The molecule has 96 valence electrons. The van der Waals surface area contributed by atoms with Gasteiger partial charge in [-0.3, -0.25) is 14.9 Å². The zero-order valence-corrected chi connectivity index (χ0v) is 10.1. The lowest BCUT2D eigenvalue weighted by Crippen LogP contribution is -2.31. The minimum absolute atomic E-state index is 0.0580. The Morgan fingerprint density at radius 3 is 2.83 bits per heavy atom. The fourth-order valence-electron chi connectivity index (χ4n) is 1.60. The SMILES string of the molecule is Cc1ccc(NCC(=O)NC2CC2)cc1[N+](=O)[O-]. The molecule has 1 aliphatic rings. The summed E-state index contributed by atoms with van der Waals surface area (Å²) in [4.78, 5) is 21.8. The standard InChI is InChI=1S/C12H15N3O3/c1-8-2-3-10(6-11(8)15(17)18)13-7-12(16)14-9-4-5-9/h2-3,6,9,13H,4-5,7H2,1H3,(H,14,16). The molecular formula is C12H15N3O3. The van der Waals surface area contributed by atoms with Crippen LogP contribution < -0.4 is 10.6 Å². The maximum atomic E-state index is 11.4. The fraction of sp³-hybridized carbons (Fsp3) is 0.417. The Balaban J connectivity index is 1.94. The summed E-state index contributed by atoms with van der Waals surface area (Å²) < 4.78 is 0. The summed E-state index contributed by atoms with van der Waals surface area (Å²) in [7, 11) is 0. The molecule has 0 saturated heterocycles. The summed E-state index contributed by atoms with van der Waals surface area (Å²) in [6.07, 6.45) is 2.09. The molecule has 2 rings (SSSR count). The van der Waals surface area contributed by atoms with E-state index in [1.807, 2.05) is 0 Å². The van der Waals surface area contributed by atoms with E-state index >= 15 is 0 Å². The Kier molecular flexibility index (Phi) is 3.45. The number of amides is 1. The van der Waals surface area contributed by atoms with Gasteiger partial charge in [0.1, 0.15) is 0 Å². The Morgan fingerprint density at radius 2 is 2.22 bits per heavy atom. The molecule has 0 heterocycles. The molecule has 1 aliphatic carbocycles. The predicted octanol–water partition coefficient (Wildman–Crippen LogP) is 1.59. The first-order valence-electron chi connectivity index (χ1n) is 5.84. The number of nitro groups is 1. The Labute approximate surface area is 105 Å². The van der Waals surface area contributed by atoms with Gasteiger partial charge in [-0.05, 0) is 25.8 Å². The molecule has 0 atom stereocenters. The lowest BCUT2D eigenvalue weighted by Gasteiger charge is -2.07. The number of carbonyl (C=O) groups excluding carboxylic acids is 1. The van der Waals surface area contributed by atoms with Crippen LogP contribution in [-0.2, 0) is 4.79 Å². The number of anilines is 1. The predicted molar refractivity (Wildman–Crippen MR) is 67.5 cm³/mol. The highest BCUT2D eigenvalue weighted by atomic mass is 16.6. The van der Waals surface area contributed by atoms with E-state index in [1.165, 1.54) is 6.07 Å². The molecule has 6 nitrogen and oxygen atoms in total. The first-order valence-corrected chi connectivity index (χ1v) is 5.84. The number of carbonyl (C=O) groups is 1. The third-order valence-electron chi connectivity index (χ3n) is 2.80. The molecule has 1 fully saturated rings. The maximum Gasteiger partial charge on any atom is 0.274 e. The van der Waals surface area contributed by atoms with Crippen molar-refractivity contribution in [3.05, 3.63) is 33.9 Å². The smallest absolute Gasteiger partial charge is 0.274 e. The Hall–Kier alpha value is -2.11. The molecule has 18 heavy (non-hydrogen) atoms. The molecule has 0 aliphatic heterocycles. The van der Waals surface area contributed by atoms with Crippen molar-refractivity contribution in [1.29, 1.82) is 0 Å². The number of hydrogen-bond acceptors (Lipinski definition) is 4. The van der Waals surface area contributed by atoms with E-state index in [9.17, 15) is 14.9 Å². The van der Waals surface area contributed by atoms with Crippen molar-refractivity contribution in [3.8, 4) is 0 Å². The normalized spacial score (nSPS) is 14.1. The molecule has 0 unspecified atom stereocenters. The second-order valence-electron chi connectivity index (χ2n) is 4.45. The van der Waals surface area contributed by atoms with Crippen LogP contribution in [0.2, 0.25) is 0 Å². The third-order valence-corrected chi connectivity index (χ3v) is 2.80. The van der Waals surface area contributed by atoms with Gasteiger partial charge in [0.2, 0.25) is 5.91 Å². The van der Waals surface area contributed by atoms with Crippen LogP contribution in [0.5, 0.6) is 0 Å². The summed E-state index contributed by atoms with van der Waals surface area (Å²) in [6, 6.07) is 5.16. The van der Waals surface area contributed by atoms with E-state index in [2.05, 4.69) is 10.6 Å². The van der Waals surface area contributed by atoms with Gasteiger partial charge in [0, 0.05) is 23.4 Å². The lowest BCUT2D eigenvalue weighted by atomic mass is 10.2. The van der Waals surface area contributed by atoms with Gasteiger partial charge >= 0.3 is 0 Å². The highest BCUT2D eigenvalue weighted by molar-refractivity contribution is 5.81. The van der Waals surface area contributed by atoms with Crippen LogP contribution in [0.15, 0.2) is 18.2 Å². The van der Waals surface area contributed by atoms with Crippen LogP contribution in [0.1, 0.15) is 18.4 Å². The van der Waals surface area contributed by atoms with Crippen LogP contribution in [0.4, 0.5) is 11.4 Å². The molecule has 1 saturated carbocycles. The zero-order valence-electron chi connectivity index (χ0n) is 10.1. The minimum atomic E-state index is -0.426. The Morgan fingerprint density at radius 1 is 1.50 bits per heavy atom. The van der Waals surface area contributed by atoms with Crippen LogP contribution in [0, 0.1) is 17.0 Å². The van der Waals surface area contributed by atoms with Crippen LogP contribution in [-0.4, -0.2) is 23.4 Å².